The Morgan fingerprint density at radius 3 is 2.11 bits per heavy atom. The van der Waals surface area contributed by atoms with Crippen LogP contribution in [0.5, 0.6) is 0 Å². The fraction of sp³-hybridized carbons (Fsp3) is 0.387. The zero-order valence-corrected chi connectivity index (χ0v) is 24.1. The molecule has 7 heteroatoms. The Balaban J connectivity index is 1.70. The number of aryl methyl sites for hydroxylation is 1. The second kappa shape index (κ2) is 10.8. The summed E-state index contributed by atoms with van der Waals surface area (Å²) >= 11 is 0. The van der Waals surface area contributed by atoms with E-state index in [0.717, 1.165) is 35.2 Å². The van der Waals surface area contributed by atoms with E-state index in [0.29, 0.717) is 12.2 Å². The fourth-order valence-electron chi connectivity index (χ4n) is 4.52. The number of hydrogen-bond donors (Lipinski definition) is 0. The SMILES string of the molecule is Cc1cccc(CN(C(=O)CN(c2cccc(N(C)C)c2)S(=O)(=O)c2ccc(C(C)(C)C)cc2)C2CC2)c1. The van der Waals surface area contributed by atoms with Gasteiger partial charge >= 0.3 is 0 Å². The average molecular weight is 534 g/mol. The molecular formula is C31H39N3O3S. The third-order valence-electron chi connectivity index (χ3n) is 6.96. The molecule has 6 nitrogen and oxygen atoms in total. The van der Waals surface area contributed by atoms with Gasteiger partial charge in [0, 0.05) is 32.4 Å². The van der Waals surface area contributed by atoms with E-state index in [2.05, 4.69) is 26.8 Å². The van der Waals surface area contributed by atoms with Crippen LogP contribution in [-0.2, 0) is 26.8 Å². The summed E-state index contributed by atoms with van der Waals surface area (Å²) in [4.78, 5) is 17.7. The zero-order chi connectivity index (χ0) is 27.7. The summed E-state index contributed by atoms with van der Waals surface area (Å²) in [6, 6.07) is 22.6. The molecule has 0 N–H and O–H groups in total. The molecule has 202 valence electrons. The van der Waals surface area contributed by atoms with E-state index in [4.69, 9.17) is 0 Å². The lowest BCUT2D eigenvalue weighted by molar-refractivity contribution is -0.130. The van der Waals surface area contributed by atoms with E-state index in [-0.39, 0.29) is 28.8 Å². The van der Waals surface area contributed by atoms with Gasteiger partial charge in [0.2, 0.25) is 5.91 Å². The van der Waals surface area contributed by atoms with E-state index in [1.165, 1.54) is 4.31 Å². The van der Waals surface area contributed by atoms with Crippen molar-refractivity contribution in [2.75, 3.05) is 29.8 Å². The van der Waals surface area contributed by atoms with Gasteiger partial charge in [0.15, 0.2) is 0 Å². The molecule has 0 heterocycles. The van der Waals surface area contributed by atoms with Crippen LogP contribution in [0.4, 0.5) is 11.4 Å². The van der Waals surface area contributed by atoms with Gasteiger partial charge in [-0.15, -0.1) is 0 Å². The first-order valence-electron chi connectivity index (χ1n) is 13.1. The van der Waals surface area contributed by atoms with Gasteiger partial charge in [0.05, 0.1) is 10.6 Å². The third-order valence-corrected chi connectivity index (χ3v) is 8.75. The highest BCUT2D eigenvalue weighted by Gasteiger charge is 2.36. The maximum absolute atomic E-state index is 14.1. The molecule has 1 fully saturated rings. The quantitative estimate of drug-likeness (QED) is 0.352. The number of rotatable bonds is 9. The van der Waals surface area contributed by atoms with Crippen LogP contribution >= 0.6 is 0 Å². The van der Waals surface area contributed by atoms with Crippen molar-refractivity contribution in [2.45, 2.75) is 63.4 Å². The van der Waals surface area contributed by atoms with Crippen molar-refractivity contribution in [3.63, 3.8) is 0 Å². The summed E-state index contributed by atoms with van der Waals surface area (Å²) < 4.78 is 29.4. The predicted molar refractivity (Wildman–Crippen MR) is 155 cm³/mol. The van der Waals surface area contributed by atoms with Gasteiger partial charge in [-0.2, -0.15) is 0 Å². The summed E-state index contributed by atoms with van der Waals surface area (Å²) in [6.45, 7) is 8.52. The van der Waals surface area contributed by atoms with E-state index in [1.54, 1.807) is 18.2 Å². The maximum atomic E-state index is 14.1. The Hall–Kier alpha value is -3.32. The Labute approximate surface area is 227 Å². The number of carbonyl (C=O) groups excluding carboxylic acids is 1. The van der Waals surface area contributed by atoms with Crippen molar-refractivity contribution in [3.05, 3.63) is 89.5 Å². The molecule has 0 aliphatic heterocycles. The van der Waals surface area contributed by atoms with Crippen molar-refractivity contribution >= 4 is 27.3 Å². The summed E-state index contributed by atoms with van der Waals surface area (Å²) in [5, 5.41) is 0. The molecule has 1 amide bonds. The Morgan fingerprint density at radius 1 is 0.895 bits per heavy atom. The topological polar surface area (TPSA) is 60.9 Å². The van der Waals surface area contributed by atoms with E-state index in [1.807, 2.05) is 79.3 Å². The normalized spacial score (nSPS) is 13.7. The molecule has 0 aromatic heterocycles. The van der Waals surface area contributed by atoms with Crippen molar-refractivity contribution in [2.24, 2.45) is 0 Å². The number of amides is 1. The molecule has 38 heavy (non-hydrogen) atoms. The summed E-state index contributed by atoms with van der Waals surface area (Å²) in [7, 11) is -0.189. The largest absolute Gasteiger partial charge is 0.378 e. The number of hydrogen-bond acceptors (Lipinski definition) is 4. The van der Waals surface area contributed by atoms with E-state index < -0.39 is 10.0 Å². The van der Waals surface area contributed by atoms with Crippen LogP contribution in [0.25, 0.3) is 0 Å². The second-order valence-corrected chi connectivity index (χ2v) is 13.3. The molecule has 0 unspecified atom stereocenters. The molecule has 1 aliphatic carbocycles. The summed E-state index contributed by atoms with van der Waals surface area (Å²) in [6.07, 6.45) is 1.88. The van der Waals surface area contributed by atoms with Gasteiger partial charge in [0.1, 0.15) is 6.54 Å². The molecule has 0 radical (unpaired) electrons. The number of benzene rings is 3. The number of sulfonamides is 1. The summed E-state index contributed by atoms with van der Waals surface area (Å²) in [5.41, 5.74) is 4.46. The lowest BCUT2D eigenvalue weighted by Crippen LogP contribution is -2.43. The standard InChI is InChI=1S/C31H39N3O3S/c1-23-9-7-10-24(19-23)21-33(26-15-16-26)30(35)22-34(28-12-8-11-27(20-28)32(5)6)38(36,37)29-17-13-25(14-18-29)31(2,3)4/h7-14,17-20,26H,15-16,21-22H2,1-6H3. The van der Waals surface area contributed by atoms with Crippen molar-refractivity contribution in [1.29, 1.82) is 0 Å². The van der Waals surface area contributed by atoms with Gasteiger partial charge in [-0.3, -0.25) is 9.10 Å². The molecule has 3 aromatic rings. The number of anilines is 2. The van der Waals surface area contributed by atoms with Gasteiger partial charge in [-0.05, 0) is 66.6 Å². The van der Waals surface area contributed by atoms with Crippen LogP contribution in [-0.4, -0.2) is 45.9 Å². The number of nitrogens with zero attached hydrogens (tertiary/aromatic N) is 3. The first kappa shape index (κ1) is 27.7. The molecule has 1 aliphatic rings. The van der Waals surface area contributed by atoms with Gasteiger partial charge in [-0.1, -0.05) is 68.8 Å². The molecule has 3 aromatic carbocycles. The first-order chi connectivity index (χ1) is 17.9. The monoisotopic (exact) mass is 533 g/mol. The molecule has 4 rings (SSSR count). The molecule has 0 atom stereocenters. The minimum Gasteiger partial charge on any atom is -0.378 e. The Morgan fingerprint density at radius 2 is 1.53 bits per heavy atom. The van der Waals surface area contributed by atoms with Crippen molar-refractivity contribution < 1.29 is 13.2 Å². The lowest BCUT2D eigenvalue weighted by Gasteiger charge is -2.29. The Kier molecular flexibility index (Phi) is 7.88. The van der Waals surface area contributed by atoms with Crippen LogP contribution in [0.3, 0.4) is 0 Å². The van der Waals surface area contributed by atoms with Crippen LogP contribution < -0.4 is 9.21 Å². The third kappa shape index (κ3) is 6.38. The summed E-state index contributed by atoms with van der Waals surface area (Å²) in [5.74, 6) is -0.195. The van der Waals surface area contributed by atoms with E-state index >= 15 is 0 Å². The van der Waals surface area contributed by atoms with E-state index in [9.17, 15) is 13.2 Å². The molecule has 0 saturated heterocycles. The second-order valence-electron chi connectivity index (χ2n) is 11.4. The van der Waals surface area contributed by atoms with Crippen LogP contribution in [0, 0.1) is 6.92 Å². The minimum atomic E-state index is -4.00. The van der Waals surface area contributed by atoms with Gasteiger partial charge < -0.3 is 9.80 Å². The smallest absolute Gasteiger partial charge is 0.264 e. The van der Waals surface area contributed by atoms with Crippen molar-refractivity contribution in [1.82, 2.24) is 4.90 Å². The molecule has 0 bridgehead atoms. The zero-order valence-electron chi connectivity index (χ0n) is 23.3. The maximum Gasteiger partial charge on any atom is 0.264 e. The van der Waals surface area contributed by atoms with Gasteiger partial charge in [0.25, 0.3) is 10.0 Å². The molecule has 1 saturated carbocycles. The Bertz CT molecular complexity index is 1390. The van der Waals surface area contributed by atoms with Crippen LogP contribution in [0.15, 0.2) is 77.7 Å². The lowest BCUT2D eigenvalue weighted by atomic mass is 9.87. The predicted octanol–water partition coefficient (Wildman–Crippen LogP) is 5.75. The minimum absolute atomic E-state index is 0.0987. The fourth-order valence-corrected chi connectivity index (χ4v) is 5.93. The number of carbonyl (C=O) groups is 1. The van der Waals surface area contributed by atoms with Crippen LogP contribution in [0.2, 0.25) is 0 Å². The highest BCUT2D eigenvalue weighted by molar-refractivity contribution is 7.92. The molecule has 0 spiro atoms. The van der Waals surface area contributed by atoms with Crippen LogP contribution in [0.1, 0.15) is 50.3 Å². The average Bonchev–Trinajstić information content (AvgIpc) is 3.70. The van der Waals surface area contributed by atoms with Gasteiger partial charge in [-0.25, -0.2) is 8.42 Å². The van der Waals surface area contributed by atoms with Crippen molar-refractivity contribution in [3.8, 4) is 0 Å². The first-order valence-corrected chi connectivity index (χ1v) is 14.6. The molecular weight excluding hydrogens is 494 g/mol. The highest BCUT2D eigenvalue weighted by Crippen LogP contribution is 2.32. The highest BCUT2D eigenvalue weighted by atomic mass is 32.2.